The molecule has 0 spiro atoms. The highest BCUT2D eigenvalue weighted by molar-refractivity contribution is 5.97. The van der Waals surface area contributed by atoms with Gasteiger partial charge in [-0.1, -0.05) is 19.8 Å². The third kappa shape index (κ3) is 4.03. The van der Waals surface area contributed by atoms with Crippen LogP contribution in [0, 0.1) is 11.7 Å². The Morgan fingerprint density at radius 1 is 1.38 bits per heavy atom. The first kappa shape index (κ1) is 16.0. The molecule has 0 radical (unpaired) electrons. The van der Waals surface area contributed by atoms with Gasteiger partial charge in [-0.25, -0.2) is 4.39 Å². The van der Waals surface area contributed by atoms with Crippen molar-refractivity contribution in [2.24, 2.45) is 5.92 Å². The summed E-state index contributed by atoms with van der Waals surface area (Å²) >= 11 is 0. The lowest BCUT2D eigenvalue weighted by Crippen LogP contribution is -2.33. The van der Waals surface area contributed by atoms with E-state index in [1.165, 1.54) is 25.8 Å². The second kappa shape index (κ2) is 7.03. The van der Waals surface area contributed by atoms with Crippen LogP contribution in [0.2, 0.25) is 0 Å². The van der Waals surface area contributed by atoms with Crippen molar-refractivity contribution in [1.29, 1.82) is 0 Å². The second-order valence-electron chi connectivity index (χ2n) is 6.03. The maximum atomic E-state index is 13.6. The number of ketones is 1. The topological polar surface area (TPSA) is 40.5 Å². The molecule has 4 heteroatoms. The minimum Gasteiger partial charge on any atom is -0.507 e. The lowest BCUT2D eigenvalue weighted by molar-refractivity contribution is 0.101. The van der Waals surface area contributed by atoms with Crippen LogP contribution in [0.15, 0.2) is 12.1 Å². The van der Waals surface area contributed by atoms with Crippen LogP contribution in [0.3, 0.4) is 0 Å². The van der Waals surface area contributed by atoms with Crippen LogP contribution < -0.4 is 0 Å². The van der Waals surface area contributed by atoms with Crippen molar-refractivity contribution in [2.45, 2.75) is 46.1 Å². The van der Waals surface area contributed by atoms with Crippen LogP contribution in [0.25, 0.3) is 0 Å². The number of carbonyl (C=O) groups excluding carboxylic acids is 1. The molecule has 0 aliphatic carbocycles. The van der Waals surface area contributed by atoms with Gasteiger partial charge in [0.25, 0.3) is 0 Å². The quantitative estimate of drug-likeness (QED) is 0.841. The van der Waals surface area contributed by atoms with Gasteiger partial charge in [0.05, 0.1) is 5.56 Å². The van der Waals surface area contributed by atoms with E-state index in [1.807, 2.05) is 0 Å². The summed E-state index contributed by atoms with van der Waals surface area (Å²) in [5.41, 5.74) is 0.583. The molecule has 1 aliphatic rings. The fraction of sp³-hybridized carbons (Fsp3) is 0.588. The smallest absolute Gasteiger partial charge is 0.163 e. The average Bonchev–Trinajstić information content (AvgIpc) is 2.44. The van der Waals surface area contributed by atoms with Crippen LogP contribution in [0.5, 0.6) is 5.75 Å². The van der Waals surface area contributed by atoms with E-state index < -0.39 is 5.82 Å². The normalized spacial score (nSPS) is 17.1. The molecule has 0 unspecified atom stereocenters. The van der Waals surface area contributed by atoms with Gasteiger partial charge in [-0.3, -0.25) is 9.69 Å². The van der Waals surface area contributed by atoms with Crippen LogP contribution in [0.4, 0.5) is 4.39 Å². The monoisotopic (exact) mass is 293 g/mol. The van der Waals surface area contributed by atoms with Gasteiger partial charge in [0.15, 0.2) is 5.78 Å². The minimum atomic E-state index is -0.464. The Kier molecular flexibility index (Phi) is 5.34. The number of carbonyl (C=O) groups is 1. The van der Waals surface area contributed by atoms with Crippen LogP contribution in [-0.4, -0.2) is 28.9 Å². The molecule has 0 aromatic heterocycles. The molecule has 0 bridgehead atoms. The molecular weight excluding hydrogens is 269 g/mol. The molecule has 1 saturated heterocycles. The number of phenolic OH excluding ortho intramolecular Hbond substituents is 1. The molecule has 3 nitrogen and oxygen atoms in total. The van der Waals surface area contributed by atoms with E-state index in [2.05, 4.69) is 11.8 Å². The maximum absolute atomic E-state index is 13.6. The lowest BCUT2D eigenvalue weighted by Gasteiger charge is -2.32. The molecule has 1 N–H and O–H groups in total. The SMILES string of the molecule is CCCC1CCN(Cc2cc(F)cc(C(C)=O)c2O)CC1. The van der Waals surface area contributed by atoms with Gasteiger partial charge in [-0.15, -0.1) is 0 Å². The molecule has 2 rings (SSSR count). The number of likely N-dealkylation sites (tertiary alicyclic amines) is 1. The lowest BCUT2D eigenvalue weighted by atomic mass is 9.92. The van der Waals surface area contributed by atoms with E-state index in [0.717, 1.165) is 37.9 Å². The number of phenols is 1. The van der Waals surface area contributed by atoms with E-state index in [0.29, 0.717) is 12.1 Å². The van der Waals surface area contributed by atoms with E-state index in [-0.39, 0.29) is 17.1 Å². The molecule has 1 aromatic carbocycles. The van der Waals surface area contributed by atoms with Crippen molar-refractivity contribution in [1.82, 2.24) is 4.90 Å². The summed E-state index contributed by atoms with van der Waals surface area (Å²) in [4.78, 5) is 13.7. The number of aromatic hydroxyl groups is 1. The highest BCUT2D eigenvalue weighted by atomic mass is 19.1. The molecule has 1 fully saturated rings. The van der Waals surface area contributed by atoms with Gasteiger partial charge in [0.2, 0.25) is 0 Å². The van der Waals surface area contributed by atoms with Gasteiger partial charge >= 0.3 is 0 Å². The summed E-state index contributed by atoms with van der Waals surface area (Å²) < 4.78 is 13.6. The zero-order chi connectivity index (χ0) is 15.4. The molecule has 1 heterocycles. The van der Waals surface area contributed by atoms with Crippen LogP contribution in [0.1, 0.15) is 55.5 Å². The van der Waals surface area contributed by atoms with Crippen molar-refractivity contribution in [2.75, 3.05) is 13.1 Å². The molecular formula is C17H24FNO2. The van der Waals surface area contributed by atoms with E-state index in [4.69, 9.17) is 0 Å². The highest BCUT2D eigenvalue weighted by Gasteiger charge is 2.21. The summed E-state index contributed by atoms with van der Waals surface area (Å²) in [6.07, 6.45) is 4.80. The Bertz CT molecular complexity index is 508. The number of halogens is 1. The maximum Gasteiger partial charge on any atom is 0.163 e. The number of Topliss-reactive ketones (excluding diaryl/α,β-unsaturated/α-hetero) is 1. The minimum absolute atomic E-state index is 0.0698. The van der Waals surface area contributed by atoms with Gasteiger partial charge < -0.3 is 5.11 Å². The predicted molar refractivity (Wildman–Crippen MR) is 81.0 cm³/mol. The van der Waals surface area contributed by atoms with Crippen LogP contribution >= 0.6 is 0 Å². The average molecular weight is 293 g/mol. The molecule has 116 valence electrons. The van der Waals surface area contributed by atoms with Gasteiger partial charge in [0, 0.05) is 12.1 Å². The Labute approximate surface area is 125 Å². The fourth-order valence-electron chi connectivity index (χ4n) is 3.13. The summed E-state index contributed by atoms with van der Waals surface area (Å²) in [5.74, 6) is -0.0523. The number of hydrogen-bond acceptors (Lipinski definition) is 3. The zero-order valence-electron chi connectivity index (χ0n) is 12.9. The Morgan fingerprint density at radius 3 is 2.62 bits per heavy atom. The number of piperidine rings is 1. The third-order valence-corrected chi connectivity index (χ3v) is 4.33. The first-order valence-electron chi connectivity index (χ1n) is 7.76. The van der Waals surface area contributed by atoms with Crippen molar-refractivity contribution in [3.05, 3.63) is 29.1 Å². The first-order valence-corrected chi connectivity index (χ1v) is 7.76. The zero-order valence-corrected chi connectivity index (χ0v) is 12.9. The third-order valence-electron chi connectivity index (χ3n) is 4.33. The molecule has 0 amide bonds. The predicted octanol–water partition coefficient (Wildman–Crippen LogP) is 3.75. The van der Waals surface area contributed by atoms with Crippen molar-refractivity contribution in [3.8, 4) is 5.75 Å². The second-order valence-corrected chi connectivity index (χ2v) is 6.03. The summed E-state index contributed by atoms with van der Waals surface area (Å²) in [7, 11) is 0. The Morgan fingerprint density at radius 2 is 2.05 bits per heavy atom. The standard InChI is InChI=1S/C17H24FNO2/c1-3-4-13-5-7-19(8-6-13)11-14-9-15(18)10-16(12(2)20)17(14)21/h9-10,13,21H,3-8,11H2,1-2H3. The fourth-order valence-corrected chi connectivity index (χ4v) is 3.13. The highest BCUT2D eigenvalue weighted by Crippen LogP contribution is 2.28. The number of nitrogens with zero attached hydrogens (tertiary/aromatic N) is 1. The molecule has 0 atom stereocenters. The summed E-state index contributed by atoms with van der Waals surface area (Å²) in [5, 5.41) is 10.1. The number of rotatable bonds is 5. The van der Waals surface area contributed by atoms with E-state index >= 15 is 0 Å². The van der Waals surface area contributed by atoms with Crippen molar-refractivity contribution < 1.29 is 14.3 Å². The van der Waals surface area contributed by atoms with Gasteiger partial charge in [-0.2, -0.15) is 0 Å². The molecule has 21 heavy (non-hydrogen) atoms. The first-order chi connectivity index (χ1) is 10.0. The van der Waals surface area contributed by atoms with Gasteiger partial charge in [0.1, 0.15) is 11.6 Å². The number of hydrogen-bond donors (Lipinski definition) is 1. The molecule has 1 aliphatic heterocycles. The largest absolute Gasteiger partial charge is 0.507 e. The molecule has 0 saturated carbocycles. The van der Waals surface area contributed by atoms with Crippen molar-refractivity contribution in [3.63, 3.8) is 0 Å². The van der Waals surface area contributed by atoms with E-state index in [9.17, 15) is 14.3 Å². The van der Waals surface area contributed by atoms with Crippen LogP contribution in [-0.2, 0) is 6.54 Å². The van der Waals surface area contributed by atoms with Gasteiger partial charge in [-0.05, 0) is 50.9 Å². The molecule has 1 aromatic rings. The summed E-state index contributed by atoms with van der Waals surface area (Å²) in [6, 6.07) is 2.44. The summed E-state index contributed by atoms with van der Waals surface area (Å²) in [6.45, 7) is 5.99. The Balaban J connectivity index is 2.05. The number of benzene rings is 1. The van der Waals surface area contributed by atoms with Crippen molar-refractivity contribution >= 4 is 5.78 Å². The van der Waals surface area contributed by atoms with E-state index in [1.54, 1.807) is 0 Å². The Hall–Kier alpha value is -1.42.